The van der Waals surface area contributed by atoms with E-state index in [2.05, 4.69) is 4.98 Å². The zero-order chi connectivity index (χ0) is 17.2. The number of rotatable bonds is 4. The molecule has 3 aromatic rings. The maximum absolute atomic E-state index is 13.0. The van der Waals surface area contributed by atoms with Crippen molar-refractivity contribution in [2.45, 2.75) is 23.4 Å². The number of hydrogen-bond donors (Lipinski definition) is 0. The lowest BCUT2D eigenvalue weighted by molar-refractivity contribution is -0.137. The van der Waals surface area contributed by atoms with Gasteiger partial charge in [-0.1, -0.05) is 54.2 Å². The van der Waals surface area contributed by atoms with E-state index >= 15 is 0 Å². The molecule has 5 nitrogen and oxygen atoms in total. The number of carbonyl (C=O) groups is 1. The Morgan fingerprint density at radius 3 is 2.60 bits per heavy atom. The van der Waals surface area contributed by atoms with E-state index in [1.807, 2.05) is 48.5 Å². The van der Waals surface area contributed by atoms with Crippen LogP contribution in [0.1, 0.15) is 12.0 Å². The quantitative estimate of drug-likeness (QED) is 0.534. The summed E-state index contributed by atoms with van der Waals surface area (Å²) in [6, 6.07) is 17.1. The first-order valence-corrected chi connectivity index (χ1v) is 8.97. The molecule has 0 aliphatic carbocycles. The monoisotopic (exact) mass is 352 g/mol. The number of hydrogen-bond acceptors (Lipinski definition) is 5. The predicted molar refractivity (Wildman–Crippen MR) is 96.8 cm³/mol. The standard InChI is InChI=1S/C19H16N2O3S/c22-17-14-8-4-5-9-15(14)20-19(25-16-10-11-24-18(16)23)21(17)12-13-6-2-1-3-7-13/h1-9,16H,10-12H2/t16-/m0/s1. The minimum absolute atomic E-state index is 0.0942. The molecule has 1 fully saturated rings. The topological polar surface area (TPSA) is 61.2 Å². The summed E-state index contributed by atoms with van der Waals surface area (Å²) in [5.41, 5.74) is 1.56. The average molecular weight is 352 g/mol. The van der Waals surface area contributed by atoms with Gasteiger partial charge in [0.25, 0.3) is 5.56 Å². The Balaban J connectivity index is 1.82. The van der Waals surface area contributed by atoms with Crippen LogP contribution in [0.4, 0.5) is 0 Å². The summed E-state index contributed by atoms with van der Waals surface area (Å²) in [7, 11) is 0. The summed E-state index contributed by atoms with van der Waals surface area (Å²) < 4.78 is 6.69. The fourth-order valence-electron chi connectivity index (χ4n) is 2.85. The fraction of sp³-hybridized carbons (Fsp3) is 0.211. The molecule has 0 bridgehead atoms. The molecular formula is C19H16N2O3S. The summed E-state index contributed by atoms with van der Waals surface area (Å²) in [5, 5.41) is 0.822. The third-order valence-electron chi connectivity index (χ3n) is 4.15. The molecule has 0 unspecified atom stereocenters. The molecule has 0 spiro atoms. The second-order valence-electron chi connectivity index (χ2n) is 5.85. The number of nitrogens with zero attached hydrogens (tertiary/aromatic N) is 2. The third-order valence-corrected chi connectivity index (χ3v) is 5.38. The highest BCUT2D eigenvalue weighted by Crippen LogP contribution is 2.29. The normalized spacial score (nSPS) is 17.0. The van der Waals surface area contributed by atoms with Gasteiger partial charge in [-0.05, 0) is 17.7 Å². The van der Waals surface area contributed by atoms with Gasteiger partial charge in [0.15, 0.2) is 5.16 Å². The predicted octanol–water partition coefficient (Wildman–Crippen LogP) is 2.85. The number of carbonyl (C=O) groups excluding carboxylic acids is 1. The zero-order valence-corrected chi connectivity index (χ0v) is 14.2. The Labute approximate surface area is 148 Å². The van der Waals surface area contributed by atoms with Crippen molar-refractivity contribution in [3.63, 3.8) is 0 Å². The van der Waals surface area contributed by atoms with Crippen LogP contribution in [0.2, 0.25) is 0 Å². The van der Waals surface area contributed by atoms with Crippen molar-refractivity contribution in [3.05, 3.63) is 70.5 Å². The van der Waals surface area contributed by atoms with Gasteiger partial charge < -0.3 is 4.74 Å². The molecule has 2 heterocycles. The third kappa shape index (κ3) is 3.17. The number of aromatic nitrogens is 2. The Kier molecular flexibility index (Phi) is 4.28. The van der Waals surface area contributed by atoms with Crippen LogP contribution in [-0.4, -0.2) is 27.4 Å². The smallest absolute Gasteiger partial charge is 0.319 e. The van der Waals surface area contributed by atoms with Gasteiger partial charge in [0.05, 0.1) is 24.1 Å². The minimum atomic E-state index is -0.310. The molecule has 0 saturated carbocycles. The average Bonchev–Trinajstić information content (AvgIpc) is 3.04. The molecule has 1 aliphatic rings. The van der Waals surface area contributed by atoms with Crippen molar-refractivity contribution < 1.29 is 9.53 Å². The van der Waals surface area contributed by atoms with Crippen molar-refractivity contribution in [3.8, 4) is 0 Å². The molecule has 2 aromatic carbocycles. The Bertz CT molecular complexity index is 985. The van der Waals surface area contributed by atoms with Gasteiger partial charge in [0.2, 0.25) is 0 Å². The van der Waals surface area contributed by atoms with Crippen molar-refractivity contribution in [2.75, 3.05) is 6.61 Å². The lowest BCUT2D eigenvalue weighted by Crippen LogP contribution is -2.25. The molecule has 1 aliphatic heterocycles. The van der Waals surface area contributed by atoms with Crippen LogP contribution in [0.15, 0.2) is 64.5 Å². The van der Waals surface area contributed by atoms with Crippen LogP contribution in [0.3, 0.4) is 0 Å². The first kappa shape index (κ1) is 15.9. The molecule has 0 radical (unpaired) electrons. The largest absolute Gasteiger partial charge is 0.465 e. The molecule has 126 valence electrons. The number of para-hydroxylation sites is 1. The lowest BCUT2D eigenvalue weighted by atomic mass is 10.2. The molecule has 25 heavy (non-hydrogen) atoms. The van der Waals surface area contributed by atoms with Crippen LogP contribution >= 0.6 is 11.8 Å². The van der Waals surface area contributed by atoms with Gasteiger partial charge in [0, 0.05) is 6.42 Å². The van der Waals surface area contributed by atoms with E-state index in [1.54, 1.807) is 10.6 Å². The highest BCUT2D eigenvalue weighted by molar-refractivity contribution is 8.00. The van der Waals surface area contributed by atoms with Gasteiger partial charge >= 0.3 is 5.97 Å². The van der Waals surface area contributed by atoms with Crippen LogP contribution < -0.4 is 5.56 Å². The summed E-state index contributed by atoms with van der Waals surface area (Å²) in [5.74, 6) is -0.237. The van der Waals surface area contributed by atoms with Crippen molar-refractivity contribution in [2.24, 2.45) is 0 Å². The van der Waals surface area contributed by atoms with Gasteiger partial charge in [-0.3, -0.25) is 14.2 Å². The molecule has 1 saturated heterocycles. The Morgan fingerprint density at radius 1 is 1.08 bits per heavy atom. The summed E-state index contributed by atoms with van der Waals surface area (Å²) in [6.45, 7) is 0.842. The number of thioether (sulfide) groups is 1. The number of benzene rings is 2. The number of ether oxygens (including phenoxy) is 1. The first-order valence-electron chi connectivity index (χ1n) is 8.09. The zero-order valence-electron chi connectivity index (χ0n) is 13.4. The minimum Gasteiger partial charge on any atom is -0.465 e. The van der Waals surface area contributed by atoms with Crippen LogP contribution in [0, 0.1) is 0 Å². The van der Waals surface area contributed by atoms with E-state index in [0.29, 0.717) is 35.6 Å². The van der Waals surface area contributed by atoms with E-state index in [-0.39, 0.29) is 16.8 Å². The molecule has 1 aromatic heterocycles. The summed E-state index contributed by atoms with van der Waals surface area (Å²) >= 11 is 1.31. The molecule has 6 heteroatoms. The lowest BCUT2D eigenvalue weighted by Gasteiger charge is -2.14. The summed E-state index contributed by atoms with van der Waals surface area (Å²) in [6.07, 6.45) is 0.636. The van der Waals surface area contributed by atoms with Gasteiger partial charge in [0.1, 0.15) is 5.25 Å². The van der Waals surface area contributed by atoms with E-state index in [1.165, 1.54) is 11.8 Å². The Hall–Kier alpha value is -2.60. The Morgan fingerprint density at radius 2 is 1.84 bits per heavy atom. The second kappa shape index (κ2) is 6.72. The van der Waals surface area contributed by atoms with Crippen molar-refractivity contribution in [1.82, 2.24) is 9.55 Å². The highest BCUT2D eigenvalue weighted by atomic mass is 32.2. The maximum atomic E-state index is 13.0. The van der Waals surface area contributed by atoms with Gasteiger partial charge in [-0.2, -0.15) is 0 Å². The maximum Gasteiger partial charge on any atom is 0.319 e. The number of cyclic esters (lactones) is 1. The van der Waals surface area contributed by atoms with E-state index in [9.17, 15) is 9.59 Å². The highest BCUT2D eigenvalue weighted by Gasteiger charge is 2.29. The molecule has 4 rings (SSSR count). The van der Waals surface area contributed by atoms with E-state index in [4.69, 9.17) is 4.74 Å². The summed E-state index contributed by atoms with van der Waals surface area (Å²) in [4.78, 5) is 29.5. The van der Waals surface area contributed by atoms with Crippen molar-refractivity contribution in [1.29, 1.82) is 0 Å². The molecular weight excluding hydrogens is 336 g/mol. The SMILES string of the molecule is O=C1OCC[C@@H]1Sc1nc2ccccc2c(=O)n1Cc1ccccc1. The van der Waals surface area contributed by atoms with E-state index in [0.717, 1.165) is 5.56 Å². The van der Waals surface area contributed by atoms with E-state index < -0.39 is 0 Å². The molecule has 0 N–H and O–H groups in total. The van der Waals surface area contributed by atoms with Crippen LogP contribution in [0.5, 0.6) is 0 Å². The van der Waals surface area contributed by atoms with Gasteiger partial charge in [-0.15, -0.1) is 0 Å². The van der Waals surface area contributed by atoms with Crippen LogP contribution in [0.25, 0.3) is 10.9 Å². The number of fused-ring (bicyclic) bond motifs is 1. The molecule has 0 amide bonds. The molecule has 1 atom stereocenters. The number of esters is 1. The van der Waals surface area contributed by atoms with Crippen LogP contribution in [-0.2, 0) is 16.1 Å². The second-order valence-corrected chi connectivity index (χ2v) is 7.02. The fourth-order valence-corrected chi connectivity index (χ4v) is 3.91. The van der Waals surface area contributed by atoms with Gasteiger partial charge in [-0.25, -0.2) is 4.98 Å². The first-order chi connectivity index (χ1) is 12.2. The van der Waals surface area contributed by atoms with Crippen molar-refractivity contribution >= 4 is 28.6 Å².